The second kappa shape index (κ2) is 4.85. The molecule has 1 aromatic carbocycles. The zero-order chi connectivity index (χ0) is 12.3. The van der Waals surface area contributed by atoms with Gasteiger partial charge in [0, 0.05) is 11.1 Å². The number of benzene rings is 1. The van der Waals surface area contributed by atoms with Crippen LogP contribution in [0.5, 0.6) is 0 Å². The molecule has 1 aromatic rings. The van der Waals surface area contributed by atoms with Crippen molar-refractivity contribution >= 4 is 17.6 Å². The molecule has 0 bridgehead atoms. The van der Waals surface area contributed by atoms with Crippen molar-refractivity contribution in [1.29, 1.82) is 0 Å². The number of carbonyl (C=O) groups excluding carboxylic acids is 1. The Morgan fingerprint density at radius 2 is 2.00 bits per heavy atom. The Kier molecular flexibility index (Phi) is 3.94. The largest absolute Gasteiger partial charge is 0.469 e. The first-order valence-corrected chi connectivity index (χ1v) is 5.37. The quantitative estimate of drug-likeness (QED) is 0.828. The Labute approximate surface area is 101 Å². The lowest BCUT2D eigenvalue weighted by Gasteiger charge is -2.29. The van der Waals surface area contributed by atoms with Crippen LogP contribution in [0, 0.1) is 5.41 Å². The lowest BCUT2D eigenvalue weighted by Crippen LogP contribution is -2.37. The third-order valence-corrected chi connectivity index (χ3v) is 3.07. The van der Waals surface area contributed by atoms with Crippen LogP contribution in [0.3, 0.4) is 0 Å². The molecular formula is C12H16ClNO2. The molecular weight excluding hydrogens is 226 g/mol. The minimum Gasteiger partial charge on any atom is -0.469 e. The molecule has 0 amide bonds. The monoisotopic (exact) mass is 241 g/mol. The first kappa shape index (κ1) is 13.0. The summed E-state index contributed by atoms with van der Waals surface area (Å²) in [6.45, 7) is 3.49. The van der Waals surface area contributed by atoms with Crippen LogP contribution in [0.1, 0.15) is 25.5 Å². The van der Waals surface area contributed by atoms with Crippen molar-refractivity contribution in [2.24, 2.45) is 11.1 Å². The van der Waals surface area contributed by atoms with Gasteiger partial charge in [-0.3, -0.25) is 4.79 Å². The molecule has 3 nitrogen and oxygen atoms in total. The fraction of sp³-hybridized carbons (Fsp3) is 0.417. The average molecular weight is 242 g/mol. The van der Waals surface area contributed by atoms with Crippen molar-refractivity contribution in [2.45, 2.75) is 19.9 Å². The summed E-state index contributed by atoms with van der Waals surface area (Å²) in [4.78, 5) is 11.6. The number of carbonyl (C=O) groups is 1. The number of rotatable bonds is 3. The molecule has 88 valence electrons. The standard InChI is InChI=1S/C12H16ClNO2/c1-12(2,11(15)16-3)10(14)8-6-4-5-7-9(8)13/h4-7,10H,14H2,1-3H3. The van der Waals surface area contributed by atoms with E-state index in [-0.39, 0.29) is 5.97 Å². The minimum absolute atomic E-state index is 0.347. The Balaban J connectivity index is 3.07. The molecule has 16 heavy (non-hydrogen) atoms. The number of hydrogen-bond donors (Lipinski definition) is 1. The highest BCUT2D eigenvalue weighted by Gasteiger charge is 2.37. The van der Waals surface area contributed by atoms with E-state index in [1.54, 1.807) is 19.9 Å². The van der Waals surface area contributed by atoms with Crippen molar-refractivity contribution in [3.05, 3.63) is 34.9 Å². The van der Waals surface area contributed by atoms with Gasteiger partial charge in [0.1, 0.15) is 0 Å². The highest BCUT2D eigenvalue weighted by Crippen LogP contribution is 2.35. The van der Waals surface area contributed by atoms with Crippen LogP contribution in [-0.2, 0) is 9.53 Å². The van der Waals surface area contributed by atoms with Gasteiger partial charge >= 0.3 is 5.97 Å². The van der Waals surface area contributed by atoms with E-state index in [1.807, 2.05) is 18.2 Å². The van der Waals surface area contributed by atoms with Crippen LogP contribution in [0.2, 0.25) is 5.02 Å². The zero-order valence-electron chi connectivity index (χ0n) is 9.66. The van der Waals surface area contributed by atoms with Crippen LogP contribution in [-0.4, -0.2) is 13.1 Å². The molecule has 2 N–H and O–H groups in total. The lowest BCUT2D eigenvalue weighted by molar-refractivity contribution is -0.152. The highest BCUT2D eigenvalue weighted by atomic mass is 35.5. The van der Waals surface area contributed by atoms with Gasteiger partial charge in [-0.25, -0.2) is 0 Å². The number of ether oxygens (including phenoxy) is 1. The number of nitrogens with two attached hydrogens (primary N) is 1. The Bertz CT molecular complexity index is 390. The summed E-state index contributed by atoms with van der Waals surface area (Å²) in [7, 11) is 1.35. The predicted octanol–water partition coefficient (Wildman–Crippen LogP) is 2.54. The highest BCUT2D eigenvalue weighted by molar-refractivity contribution is 6.31. The summed E-state index contributed by atoms with van der Waals surface area (Å²) < 4.78 is 4.74. The molecule has 0 spiro atoms. The van der Waals surface area contributed by atoms with Crippen LogP contribution in [0.4, 0.5) is 0 Å². The topological polar surface area (TPSA) is 52.3 Å². The molecule has 0 saturated carbocycles. The molecule has 0 fully saturated rings. The van der Waals surface area contributed by atoms with E-state index < -0.39 is 11.5 Å². The fourth-order valence-corrected chi connectivity index (χ4v) is 1.76. The normalized spacial score (nSPS) is 13.3. The van der Waals surface area contributed by atoms with Gasteiger partial charge in [0.25, 0.3) is 0 Å². The van der Waals surface area contributed by atoms with Gasteiger partial charge in [0.15, 0.2) is 0 Å². The summed E-state index contributed by atoms with van der Waals surface area (Å²) in [5.41, 5.74) is 6.01. The van der Waals surface area contributed by atoms with Crippen LogP contribution < -0.4 is 5.73 Å². The maximum atomic E-state index is 11.6. The molecule has 0 aliphatic carbocycles. The summed E-state index contributed by atoms with van der Waals surface area (Å²) in [6, 6.07) is 6.74. The molecule has 0 radical (unpaired) electrons. The molecule has 0 aliphatic heterocycles. The van der Waals surface area contributed by atoms with E-state index in [0.717, 1.165) is 5.56 Å². The number of hydrogen-bond acceptors (Lipinski definition) is 3. The maximum absolute atomic E-state index is 11.6. The lowest BCUT2D eigenvalue weighted by atomic mass is 9.81. The summed E-state index contributed by atoms with van der Waals surface area (Å²) in [6.07, 6.45) is 0. The second-order valence-corrected chi connectivity index (χ2v) is 4.62. The number of esters is 1. The Morgan fingerprint density at radius 1 is 1.44 bits per heavy atom. The molecule has 4 heteroatoms. The fourth-order valence-electron chi connectivity index (χ4n) is 1.51. The van der Waals surface area contributed by atoms with Gasteiger partial charge in [-0.05, 0) is 25.5 Å². The third-order valence-electron chi connectivity index (χ3n) is 2.73. The van der Waals surface area contributed by atoms with E-state index in [9.17, 15) is 4.79 Å². The zero-order valence-corrected chi connectivity index (χ0v) is 10.4. The van der Waals surface area contributed by atoms with Gasteiger partial charge in [-0.2, -0.15) is 0 Å². The van der Waals surface area contributed by atoms with Gasteiger partial charge in [0.2, 0.25) is 0 Å². The van der Waals surface area contributed by atoms with Gasteiger partial charge in [-0.1, -0.05) is 29.8 Å². The molecule has 0 heterocycles. The van der Waals surface area contributed by atoms with E-state index in [4.69, 9.17) is 22.1 Å². The van der Waals surface area contributed by atoms with E-state index in [0.29, 0.717) is 5.02 Å². The SMILES string of the molecule is COC(=O)C(C)(C)C(N)c1ccccc1Cl. The Hall–Kier alpha value is -1.06. The molecule has 1 unspecified atom stereocenters. The average Bonchev–Trinajstić information content (AvgIpc) is 2.27. The summed E-state index contributed by atoms with van der Waals surface area (Å²) in [5.74, 6) is -0.347. The smallest absolute Gasteiger partial charge is 0.313 e. The third kappa shape index (κ3) is 2.36. The first-order chi connectivity index (χ1) is 7.41. The predicted molar refractivity (Wildman–Crippen MR) is 64.2 cm³/mol. The van der Waals surface area contributed by atoms with Crippen molar-refractivity contribution in [1.82, 2.24) is 0 Å². The minimum atomic E-state index is -0.806. The van der Waals surface area contributed by atoms with Crippen molar-refractivity contribution in [2.75, 3.05) is 7.11 Å². The number of halogens is 1. The Morgan fingerprint density at radius 3 is 2.50 bits per heavy atom. The first-order valence-electron chi connectivity index (χ1n) is 4.99. The van der Waals surface area contributed by atoms with Gasteiger partial charge < -0.3 is 10.5 Å². The molecule has 0 aromatic heterocycles. The van der Waals surface area contributed by atoms with E-state index in [1.165, 1.54) is 7.11 Å². The van der Waals surface area contributed by atoms with Crippen LogP contribution in [0.15, 0.2) is 24.3 Å². The summed E-state index contributed by atoms with van der Waals surface area (Å²) >= 11 is 6.04. The van der Waals surface area contributed by atoms with Gasteiger partial charge in [0.05, 0.1) is 12.5 Å². The van der Waals surface area contributed by atoms with Crippen LogP contribution in [0.25, 0.3) is 0 Å². The molecule has 0 aliphatic rings. The van der Waals surface area contributed by atoms with Crippen molar-refractivity contribution in [3.63, 3.8) is 0 Å². The van der Waals surface area contributed by atoms with Gasteiger partial charge in [-0.15, -0.1) is 0 Å². The second-order valence-electron chi connectivity index (χ2n) is 4.21. The molecule has 1 atom stereocenters. The number of methoxy groups -OCH3 is 1. The van der Waals surface area contributed by atoms with Crippen molar-refractivity contribution in [3.8, 4) is 0 Å². The van der Waals surface area contributed by atoms with E-state index in [2.05, 4.69) is 0 Å². The van der Waals surface area contributed by atoms with Crippen LogP contribution >= 0.6 is 11.6 Å². The summed E-state index contributed by atoms with van der Waals surface area (Å²) in [5, 5.41) is 0.562. The van der Waals surface area contributed by atoms with Crippen molar-refractivity contribution < 1.29 is 9.53 Å². The molecule has 1 rings (SSSR count). The molecule has 0 saturated heterocycles. The maximum Gasteiger partial charge on any atom is 0.313 e. The van der Waals surface area contributed by atoms with E-state index >= 15 is 0 Å².